The Labute approximate surface area is 113 Å². The standard InChI is InChI=1S/C13H23N3O3/c14-8-12(17)16-5-1-2-11(9-16)15-6-3-10(4-7-15)13(18)19/h10-11H,1-9,14H2,(H,18,19). The molecule has 1 amide bonds. The zero-order valence-electron chi connectivity index (χ0n) is 11.3. The fraction of sp³-hybridized carbons (Fsp3) is 0.846. The maximum Gasteiger partial charge on any atom is 0.306 e. The summed E-state index contributed by atoms with van der Waals surface area (Å²) in [6.45, 7) is 3.28. The number of piperidine rings is 2. The molecule has 1 unspecified atom stereocenters. The van der Waals surface area contributed by atoms with E-state index in [1.54, 1.807) is 0 Å². The number of carbonyl (C=O) groups excluding carboxylic acids is 1. The topological polar surface area (TPSA) is 86.9 Å². The minimum atomic E-state index is -0.678. The first-order valence-electron chi connectivity index (χ1n) is 7.06. The fourth-order valence-corrected chi connectivity index (χ4v) is 3.12. The summed E-state index contributed by atoms with van der Waals surface area (Å²) >= 11 is 0. The molecule has 19 heavy (non-hydrogen) atoms. The van der Waals surface area contributed by atoms with Crippen LogP contribution < -0.4 is 5.73 Å². The van der Waals surface area contributed by atoms with Crippen LogP contribution >= 0.6 is 0 Å². The fourth-order valence-electron chi connectivity index (χ4n) is 3.12. The number of nitrogens with zero attached hydrogens (tertiary/aromatic N) is 2. The molecule has 108 valence electrons. The zero-order chi connectivity index (χ0) is 13.8. The Morgan fingerprint density at radius 3 is 2.42 bits per heavy atom. The van der Waals surface area contributed by atoms with Gasteiger partial charge < -0.3 is 15.7 Å². The number of carboxylic acids is 1. The van der Waals surface area contributed by atoms with E-state index in [0.717, 1.165) is 51.9 Å². The Kier molecular flexibility index (Phi) is 4.76. The smallest absolute Gasteiger partial charge is 0.306 e. The number of hydrogen-bond acceptors (Lipinski definition) is 4. The van der Waals surface area contributed by atoms with E-state index in [-0.39, 0.29) is 18.4 Å². The van der Waals surface area contributed by atoms with E-state index >= 15 is 0 Å². The highest BCUT2D eigenvalue weighted by atomic mass is 16.4. The minimum absolute atomic E-state index is 0.0186. The highest BCUT2D eigenvalue weighted by Crippen LogP contribution is 2.23. The van der Waals surface area contributed by atoms with E-state index in [9.17, 15) is 9.59 Å². The number of hydrogen-bond donors (Lipinski definition) is 2. The third-order valence-corrected chi connectivity index (χ3v) is 4.32. The third kappa shape index (κ3) is 3.45. The van der Waals surface area contributed by atoms with Crippen molar-refractivity contribution in [1.29, 1.82) is 0 Å². The highest BCUT2D eigenvalue weighted by Gasteiger charge is 2.31. The number of carbonyl (C=O) groups is 2. The quantitative estimate of drug-likeness (QED) is 0.736. The zero-order valence-corrected chi connectivity index (χ0v) is 11.3. The number of amides is 1. The average Bonchev–Trinajstić information content (AvgIpc) is 2.46. The summed E-state index contributed by atoms with van der Waals surface area (Å²) in [5, 5.41) is 9.00. The van der Waals surface area contributed by atoms with Gasteiger partial charge in [-0.25, -0.2) is 0 Å². The summed E-state index contributed by atoms with van der Waals surface area (Å²) in [5.41, 5.74) is 5.41. The molecule has 0 saturated carbocycles. The molecule has 2 aliphatic heterocycles. The van der Waals surface area contributed by atoms with E-state index in [1.165, 1.54) is 0 Å². The summed E-state index contributed by atoms with van der Waals surface area (Å²) in [4.78, 5) is 26.8. The molecule has 0 aromatic rings. The maximum absolute atomic E-state index is 11.6. The second-order valence-corrected chi connectivity index (χ2v) is 5.49. The summed E-state index contributed by atoms with van der Waals surface area (Å²) in [7, 11) is 0. The van der Waals surface area contributed by atoms with Gasteiger partial charge in [0.1, 0.15) is 0 Å². The first-order valence-corrected chi connectivity index (χ1v) is 7.06. The molecule has 6 nitrogen and oxygen atoms in total. The van der Waals surface area contributed by atoms with Crippen LogP contribution in [0.2, 0.25) is 0 Å². The van der Waals surface area contributed by atoms with Crippen molar-refractivity contribution in [3.05, 3.63) is 0 Å². The molecule has 6 heteroatoms. The molecule has 2 aliphatic rings. The average molecular weight is 269 g/mol. The molecule has 2 heterocycles. The van der Waals surface area contributed by atoms with Crippen LogP contribution in [0.3, 0.4) is 0 Å². The lowest BCUT2D eigenvalue weighted by Gasteiger charge is -2.41. The molecule has 0 aromatic heterocycles. The molecule has 2 saturated heterocycles. The highest BCUT2D eigenvalue weighted by molar-refractivity contribution is 5.78. The van der Waals surface area contributed by atoms with Gasteiger partial charge >= 0.3 is 5.97 Å². The molecule has 3 N–H and O–H groups in total. The van der Waals surface area contributed by atoms with Crippen molar-refractivity contribution in [2.45, 2.75) is 31.7 Å². The Morgan fingerprint density at radius 2 is 1.84 bits per heavy atom. The van der Waals surface area contributed by atoms with Crippen LogP contribution in [0.4, 0.5) is 0 Å². The van der Waals surface area contributed by atoms with Crippen molar-refractivity contribution in [1.82, 2.24) is 9.80 Å². The van der Waals surface area contributed by atoms with Crippen molar-refractivity contribution in [2.75, 3.05) is 32.7 Å². The van der Waals surface area contributed by atoms with E-state index < -0.39 is 5.97 Å². The summed E-state index contributed by atoms with van der Waals surface area (Å²) < 4.78 is 0. The first kappa shape index (κ1) is 14.3. The van der Waals surface area contributed by atoms with Crippen LogP contribution in [0.25, 0.3) is 0 Å². The van der Waals surface area contributed by atoms with Gasteiger partial charge in [-0.05, 0) is 38.8 Å². The molecule has 0 spiro atoms. The van der Waals surface area contributed by atoms with E-state index in [4.69, 9.17) is 10.8 Å². The minimum Gasteiger partial charge on any atom is -0.481 e. The van der Waals surface area contributed by atoms with Crippen LogP contribution in [0, 0.1) is 5.92 Å². The van der Waals surface area contributed by atoms with Gasteiger partial charge in [0, 0.05) is 19.1 Å². The Bertz CT molecular complexity index is 340. The molecule has 1 atom stereocenters. The number of nitrogens with two attached hydrogens (primary N) is 1. The second kappa shape index (κ2) is 6.34. The molecule has 0 aromatic carbocycles. The SMILES string of the molecule is NCC(=O)N1CCCC(N2CCC(C(=O)O)CC2)C1. The molecular formula is C13H23N3O3. The third-order valence-electron chi connectivity index (χ3n) is 4.32. The lowest BCUT2D eigenvalue weighted by atomic mass is 9.94. The summed E-state index contributed by atoms with van der Waals surface area (Å²) in [6, 6.07) is 0.374. The van der Waals surface area contributed by atoms with Crippen molar-refractivity contribution in [3.63, 3.8) is 0 Å². The van der Waals surface area contributed by atoms with Crippen LogP contribution in [0.5, 0.6) is 0 Å². The number of likely N-dealkylation sites (tertiary alicyclic amines) is 2. The van der Waals surface area contributed by atoms with Crippen molar-refractivity contribution < 1.29 is 14.7 Å². The number of aliphatic carboxylic acids is 1. The van der Waals surface area contributed by atoms with Crippen LogP contribution in [0.1, 0.15) is 25.7 Å². The number of rotatable bonds is 3. The molecule has 0 bridgehead atoms. The summed E-state index contributed by atoms with van der Waals surface area (Å²) in [6.07, 6.45) is 3.54. The van der Waals surface area contributed by atoms with E-state index in [2.05, 4.69) is 4.90 Å². The summed E-state index contributed by atoms with van der Waals surface area (Å²) in [5.74, 6) is -0.852. The van der Waals surface area contributed by atoms with Crippen molar-refractivity contribution >= 4 is 11.9 Å². The van der Waals surface area contributed by atoms with Crippen LogP contribution in [-0.2, 0) is 9.59 Å². The first-order chi connectivity index (χ1) is 9.11. The largest absolute Gasteiger partial charge is 0.481 e. The Hall–Kier alpha value is -1.14. The Balaban J connectivity index is 1.85. The van der Waals surface area contributed by atoms with Gasteiger partial charge in [-0.15, -0.1) is 0 Å². The van der Waals surface area contributed by atoms with Gasteiger partial charge in [-0.3, -0.25) is 14.5 Å². The maximum atomic E-state index is 11.6. The van der Waals surface area contributed by atoms with Gasteiger partial charge in [-0.1, -0.05) is 0 Å². The lowest BCUT2D eigenvalue weighted by molar-refractivity contribution is -0.143. The van der Waals surface area contributed by atoms with Gasteiger partial charge in [0.05, 0.1) is 12.5 Å². The monoisotopic (exact) mass is 269 g/mol. The molecule has 2 fully saturated rings. The van der Waals surface area contributed by atoms with Crippen molar-refractivity contribution in [3.8, 4) is 0 Å². The second-order valence-electron chi connectivity index (χ2n) is 5.49. The predicted molar refractivity (Wildman–Crippen MR) is 70.6 cm³/mol. The van der Waals surface area contributed by atoms with Crippen molar-refractivity contribution in [2.24, 2.45) is 11.7 Å². The molecule has 0 aliphatic carbocycles. The van der Waals surface area contributed by atoms with Gasteiger partial charge in [-0.2, -0.15) is 0 Å². The normalized spacial score (nSPS) is 26.4. The van der Waals surface area contributed by atoms with Crippen LogP contribution in [-0.4, -0.2) is 65.5 Å². The van der Waals surface area contributed by atoms with Gasteiger partial charge in [0.2, 0.25) is 5.91 Å². The Morgan fingerprint density at radius 1 is 1.16 bits per heavy atom. The predicted octanol–water partition coefficient (Wildman–Crippen LogP) is -0.267. The lowest BCUT2D eigenvalue weighted by Crippen LogP contribution is -2.53. The van der Waals surface area contributed by atoms with E-state index in [1.807, 2.05) is 4.90 Å². The molecule has 2 rings (SSSR count). The number of carboxylic acid groups (broad SMARTS) is 1. The van der Waals surface area contributed by atoms with Gasteiger partial charge in [0.25, 0.3) is 0 Å². The van der Waals surface area contributed by atoms with Gasteiger partial charge in [0.15, 0.2) is 0 Å². The van der Waals surface area contributed by atoms with Crippen LogP contribution in [0.15, 0.2) is 0 Å². The van der Waals surface area contributed by atoms with E-state index in [0.29, 0.717) is 6.04 Å². The molecule has 0 radical (unpaired) electrons. The molecular weight excluding hydrogens is 246 g/mol.